The van der Waals surface area contributed by atoms with Crippen molar-refractivity contribution >= 4 is 22.4 Å². The molecule has 4 heteroatoms. The highest BCUT2D eigenvalue weighted by Crippen LogP contribution is 2.19. The number of quaternary nitrogens is 2. The summed E-state index contributed by atoms with van der Waals surface area (Å²) in [5, 5.41) is 0. The third-order valence-corrected chi connectivity index (χ3v) is 3.58. The van der Waals surface area contributed by atoms with E-state index in [9.17, 15) is 0 Å². The monoisotopic (exact) mass is 268 g/mol. The van der Waals surface area contributed by atoms with Crippen molar-refractivity contribution in [3.63, 3.8) is 0 Å². The standard InChI is InChI=1S/C16H18N4/c1-19(2)15-8-7-13(17)9-12(15)10-20-11-18-14-5-3-4-6-16(14)20/h3-9,11H,10,17H2,1-2H3/p+2. The molecule has 2 aromatic carbocycles. The molecule has 0 unspecified atom stereocenters. The van der Waals surface area contributed by atoms with E-state index in [0.717, 1.165) is 17.7 Å². The van der Waals surface area contributed by atoms with Gasteiger partial charge in [0.25, 0.3) is 0 Å². The lowest BCUT2D eigenvalue weighted by molar-refractivity contribution is -0.786. The Morgan fingerprint density at radius 1 is 1.15 bits per heavy atom. The smallest absolute Gasteiger partial charge is 0.136 e. The molecule has 20 heavy (non-hydrogen) atoms. The zero-order chi connectivity index (χ0) is 14.1. The van der Waals surface area contributed by atoms with Crippen LogP contribution in [0.5, 0.6) is 0 Å². The van der Waals surface area contributed by atoms with Gasteiger partial charge in [-0.25, -0.2) is 4.98 Å². The van der Waals surface area contributed by atoms with Crippen molar-refractivity contribution in [2.75, 3.05) is 14.1 Å². The number of rotatable bonds is 3. The quantitative estimate of drug-likeness (QED) is 0.723. The highest BCUT2D eigenvalue weighted by atomic mass is 15.1. The van der Waals surface area contributed by atoms with Gasteiger partial charge in [0.1, 0.15) is 11.4 Å². The van der Waals surface area contributed by atoms with Crippen LogP contribution >= 0.6 is 0 Å². The highest BCUT2D eigenvalue weighted by molar-refractivity contribution is 5.75. The van der Waals surface area contributed by atoms with Crippen molar-refractivity contribution in [1.29, 1.82) is 0 Å². The largest absolute Gasteiger partial charge is 0.326 e. The van der Waals surface area contributed by atoms with E-state index in [2.05, 4.69) is 59.7 Å². The molecule has 0 spiro atoms. The Labute approximate surface area is 118 Å². The van der Waals surface area contributed by atoms with Crippen molar-refractivity contribution in [3.8, 4) is 0 Å². The summed E-state index contributed by atoms with van der Waals surface area (Å²) in [6.45, 7) is 0.824. The van der Waals surface area contributed by atoms with Gasteiger partial charge >= 0.3 is 0 Å². The molecule has 0 radical (unpaired) electrons. The fourth-order valence-electron chi connectivity index (χ4n) is 2.59. The van der Waals surface area contributed by atoms with Crippen LogP contribution < -0.4 is 10.6 Å². The third kappa shape index (κ3) is 2.31. The summed E-state index contributed by atoms with van der Waals surface area (Å²) in [5.41, 5.74) is 9.89. The Bertz CT molecular complexity index is 743. The van der Waals surface area contributed by atoms with Crippen molar-refractivity contribution < 1.29 is 10.6 Å². The van der Waals surface area contributed by atoms with Crippen LogP contribution in [-0.4, -0.2) is 23.6 Å². The first-order valence-corrected chi connectivity index (χ1v) is 6.80. The molecule has 4 N–H and O–H groups in total. The van der Waals surface area contributed by atoms with Gasteiger partial charge in [-0.15, -0.1) is 0 Å². The normalized spacial score (nSPS) is 11.4. The van der Waals surface area contributed by atoms with E-state index in [-0.39, 0.29) is 0 Å². The predicted octanol–water partition coefficient (Wildman–Crippen LogP) is 0.734. The van der Waals surface area contributed by atoms with Gasteiger partial charge < -0.3 is 15.2 Å². The average Bonchev–Trinajstić information content (AvgIpc) is 2.82. The Morgan fingerprint density at radius 2 is 1.95 bits per heavy atom. The molecule has 0 aliphatic heterocycles. The molecule has 0 aliphatic rings. The maximum atomic E-state index is 4.45. The van der Waals surface area contributed by atoms with Gasteiger partial charge in [-0.2, -0.15) is 0 Å². The minimum absolute atomic E-state index is 0.824. The lowest BCUT2D eigenvalue weighted by atomic mass is 10.1. The predicted molar refractivity (Wildman–Crippen MR) is 80.3 cm³/mol. The van der Waals surface area contributed by atoms with E-state index in [1.54, 1.807) is 0 Å². The average molecular weight is 268 g/mol. The fourth-order valence-corrected chi connectivity index (χ4v) is 2.59. The number of nitrogens with zero attached hydrogens (tertiary/aromatic N) is 2. The Hall–Kier alpha value is -2.17. The number of fused-ring (bicyclic) bond motifs is 1. The molecule has 4 nitrogen and oxygen atoms in total. The summed E-state index contributed by atoms with van der Waals surface area (Å²) in [6.07, 6.45) is 1.91. The zero-order valence-corrected chi connectivity index (χ0v) is 11.9. The Kier molecular flexibility index (Phi) is 3.26. The first-order valence-electron chi connectivity index (χ1n) is 6.80. The number of imidazole rings is 1. The summed E-state index contributed by atoms with van der Waals surface area (Å²) in [4.78, 5) is 5.78. The van der Waals surface area contributed by atoms with E-state index >= 15 is 0 Å². The number of nitrogens with one attached hydrogen (secondary N) is 1. The molecule has 0 fully saturated rings. The molecule has 0 bridgehead atoms. The molecule has 1 heterocycles. The van der Waals surface area contributed by atoms with Crippen molar-refractivity contribution in [1.82, 2.24) is 9.55 Å². The van der Waals surface area contributed by atoms with Gasteiger partial charge in [0.05, 0.1) is 38.0 Å². The van der Waals surface area contributed by atoms with E-state index < -0.39 is 0 Å². The second-order valence-electron chi connectivity index (χ2n) is 5.35. The number of benzene rings is 2. The fraction of sp³-hybridized carbons (Fsp3) is 0.188. The second kappa shape index (κ2) is 5.07. The molecule has 102 valence electrons. The van der Waals surface area contributed by atoms with Crippen LogP contribution in [0.3, 0.4) is 0 Å². The minimum atomic E-state index is 0.824. The van der Waals surface area contributed by atoms with Crippen LogP contribution in [0.4, 0.5) is 11.4 Å². The van der Waals surface area contributed by atoms with Crippen molar-refractivity contribution in [2.45, 2.75) is 6.54 Å². The molecule has 0 amide bonds. The summed E-state index contributed by atoms with van der Waals surface area (Å²) in [7, 11) is 4.29. The van der Waals surface area contributed by atoms with Gasteiger partial charge in [-0.05, 0) is 12.1 Å². The topological polar surface area (TPSA) is 49.9 Å². The number of hydrogen-bond acceptors (Lipinski definition) is 1. The van der Waals surface area contributed by atoms with E-state index in [4.69, 9.17) is 0 Å². The molecule has 0 saturated carbocycles. The molecule has 1 aromatic heterocycles. The molecule has 0 aliphatic carbocycles. The van der Waals surface area contributed by atoms with Crippen LogP contribution in [-0.2, 0) is 6.54 Å². The number of para-hydroxylation sites is 2. The van der Waals surface area contributed by atoms with E-state index in [1.165, 1.54) is 21.7 Å². The van der Waals surface area contributed by atoms with Gasteiger partial charge in [0, 0.05) is 23.8 Å². The Morgan fingerprint density at radius 3 is 2.75 bits per heavy atom. The lowest BCUT2D eigenvalue weighted by Gasteiger charge is -2.13. The van der Waals surface area contributed by atoms with E-state index in [1.807, 2.05) is 18.5 Å². The zero-order valence-electron chi connectivity index (χ0n) is 11.9. The molecule has 3 rings (SSSR count). The van der Waals surface area contributed by atoms with Gasteiger partial charge in [0.2, 0.25) is 0 Å². The van der Waals surface area contributed by atoms with Crippen LogP contribution in [0.2, 0.25) is 0 Å². The summed E-state index contributed by atoms with van der Waals surface area (Å²) >= 11 is 0. The van der Waals surface area contributed by atoms with Crippen LogP contribution in [0.25, 0.3) is 11.0 Å². The van der Waals surface area contributed by atoms with Crippen LogP contribution in [0.1, 0.15) is 5.56 Å². The minimum Gasteiger partial charge on any atom is -0.326 e. The summed E-state index contributed by atoms with van der Waals surface area (Å²) < 4.78 is 2.19. The molecular weight excluding hydrogens is 248 g/mol. The van der Waals surface area contributed by atoms with E-state index in [0.29, 0.717) is 0 Å². The van der Waals surface area contributed by atoms with Gasteiger partial charge in [-0.3, -0.25) is 0 Å². The molecule has 3 aromatic rings. The maximum absolute atomic E-state index is 4.45. The number of aromatic nitrogens is 2. The Balaban J connectivity index is 2.04. The first-order chi connectivity index (χ1) is 9.65. The summed E-state index contributed by atoms with van der Waals surface area (Å²) in [5.74, 6) is 0. The van der Waals surface area contributed by atoms with Crippen LogP contribution in [0.15, 0.2) is 48.8 Å². The SMILES string of the molecule is C[NH+](C)c1ccc([NH3+])cc1Cn1cnc2ccccc21. The third-order valence-electron chi connectivity index (χ3n) is 3.58. The maximum Gasteiger partial charge on any atom is 0.136 e. The second-order valence-corrected chi connectivity index (χ2v) is 5.35. The van der Waals surface area contributed by atoms with Gasteiger partial charge in [0.15, 0.2) is 0 Å². The van der Waals surface area contributed by atoms with Gasteiger partial charge in [-0.1, -0.05) is 12.1 Å². The molecular formula is C16H20N4+2. The van der Waals surface area contributed by atoms with Crippen molar-refractivity contribution in [3.05, 3.63) is 54.4 Å². The highest BCUT2D eigenvalue weighted by Gasteiger charge is 2.12. The van der Waals surface area contributed by atoms with Crippen LogP contribution in [0, 0.1) is 0 Å². The lowest BCUT2D eigenvalue weighted by Crippen LogP contribution is -3.00. The van der Waals surface area contributed by atoms with Crippen molar-refractivity contribution in [2.24, 2.45) is 0 Å². The molecule has 0 atom stereocenters. The molecule has 0 saturated heterocycles. The number of hydrogen-bond donors (Lipinski definition) is 2. The summed E-state index contributed by atoms with van der Waals surface area (Å²) in [6, 6.07) is 14.6. The first kappa shape index (κ1) is 12.8.